The monoisotopic (exact) mass is 619 g/mol. The zero-order chi connectivity index (χ0) is 33.9. The van der Waals surface area contributed by atoms with E-state index in [1.807, 2.05) is 12.1 Å². The number of phenols is 2. The number of nitrogen functional groups attached to an aromatic ring is 1. The van der Waals surface area contributed by atoms with E-state index in [0.717, 1.165) is 35.1 Å². The third-order valence-electron chi connectivity index (χ3n) is 9.10. The molecule has 0 saturated carbocycles. The van der Waals surface area contributed by atoms with E-state index in [-0.39, 0.29) is 56.2 Å². The predicted molar refractivity (Wildman–Crippen MR) is 184 cm³/mol. The van der Waals surface area contributed by atoms with Gasteiger partial charge in [0, 0.05) is 28.7 Å². The topological polar surface area (TPSA) is 110 Å². The van der Waals surface area contributed by atoms with E-state index >= 15 is 0 Å². The molecule has 1 unspecified atom stereocenters. The second-order valence-electron chi connectivity index (χ2n) is 14.6. The summed E-state index contributed by atoms with van der Waals surface area (Å²) in [4.78, 5) is 26.8. The number of hydrogen-bond donors (Lipinski definition) is 3. The van der Waals surface area contributed by atoms with Gasteiger partial charge in [-0.3, -0.25) is 9.59 Å². The van der Waals surface area contributed by atoms with Crippen LogP contribution in [0.3, 0.4) is 0 Å². The molecule has 0 radical (unpaired) electrons. The lowest BCUT2D eigenvalue weighted by atomic mass is 9.76. The van der Waals surface area contributed by atoms with E-state index in [2.05, 4.69) is 74.4 Å². The van der Waals surface area contributed by atoms with Gasteiger partial charge >= 0.3 is 0 Å². The van der Waals surface area contributed by atoms with Gasteiger partial charge in [0.05, 0.1) is 16.8 Å². The Bertz CT molecular complexity index is 1890. The third-order valence-corrected chi connectivity index (χ3v) is 9.10. The molecular formula is C40H45NO5. The molecule has 0 amide bonds. The van der Waals surface area contributed by atoms with Crippen LogP contribution in [0.25, 0.3) is 0 Å². The highest BCUT2D eigenvalue weighted by atomic mass is 16.5. The fourth-order valence-corrected chi connectivity index (χ4v) is 6.67. The maximum absolute atomic E-state index is 13.5. The summed E-state index contributed by atoms with van der Waals surface area (Å²) in [7, 11) is 0. The normalized spacial score (nSPS) is 13.8. The highest BCUT2D eigenvalue weighted by Gasteiger charge is 2.36. The van der Waals surface area contributed by atoms with Gasteiger partial charge in [-0.2, -0.15) is 0 Å². The lowest BCUT2D eigenvalue weighted by Gasteiger charge is -2.30. The number of aryl methyl sites for hydroxylation is 2. The number of anilines is 1. The quantitative estimate of drug-likeness (QED) is 0.129. The predicted octanol–water partition coefficient (Wildman–Crippen LogP) is 9.39. The molecule has 6 nitrogen and oxygen atoms in total. The van der Waals surface area contributed by atoms with Crippen LogP contribution in [-0.4, -0.2) is 21.8 Å². The molecule has 0 aliphatic heterocycles. The zero-order valence-corrected chi connectivity index (χ0v) is 28.4. The fourth-order valence-electron chi connectivity index (χ4n) is 6.67. The average Bonchev–Trinajstić information content (AvgIpc) is 2.95. The molecular weight excluding hydrogens is 574 g/mol. The largest absolute Gasteiger partial charge is 0.508 e. The van der Waals surface area contributed by atoms with Crippen LogP contribution >= 0.6 is 0 Å². The number of benzene rings is 4. The first-order valence-electron chi connectivity index (χ1n) is 16.0. The maximum atomic E-state index is 13.5. The number of ketones is 2. The highest BCUT2D eigenvalue weighted by Crippen LogP contribution is 2.46. The summed E-state index contributed by atoms with van der Waals surface area (Å²) in [5.74, 6) is -0.146. The molecule has 46 heavy (non-hydrogen) atoms. The SMILES string of the molecule is CCCC(c1cc(C(C)(C)C)c(O)cc1C)c1cc(C(C)(C)C)c(Oc2cc(O)c3c(c2N)C(=O)c2ccccc2C3=O)cc1C. The van der Waals surface area contributed by atoms with Crippen molar-refractivity contribution in [3.05, 3.63) is 110 Å². The smallest absolute Gasteiger partial charge is 0.198 e. The molecule has 0 heterocycles. The molecule has 4 aromatic rings. The Morgan fingerprint density at radius 3 is 1.78 bits per heavy atom. The van der Waals surface area contributed by atoms with Crippen LogP contribution in [0.15, 0.2) is 54.6 Å². The summed E-state index contributed by atoms with van der Waals surface area (Å²) >= 11 is 0. The van der Waals surface area contributed by atoms with Crippen LogP contribution in [0.5, 0.6) is 23.0 Å². The summed E-state index contributed by atoms with van der Waals surface area (Å²) in [6.07, 6.45) is 1.89. The van der Waals surface area contributed by atoms with Gasteiger partial charge in [0.15, 0.2) is 17.3 Å². The van der Waals surface area contributed by atoms with E-state index in [9.17, 15) is 19.8 Å². The van der Waals surface area contributed by atoms with E-state index in [0.29, 0.717) is 11.5 Å². The van der Waals surface area contributed by atoms with Gasteiger partial charge in [-0.05, 0) is 71.0 Å². The van der Waals surface area contributed by atoms with Crippen LogP contribution < -0.4 is 10.5 Å². The average molecular weight is 620 g/mol. The van der Waals surface area contributed by atoms with Gasteiger partial charge in [0.1, 0.15) is 17.2 Å². The van der Waals surface area contributed by atoms with Gasteiger partial charge in [0.2, 0.25) is 0 Å². The van der Waals surface area contributed by atoms with Gasteiger partial charge < -0.3 is 20.7 Å². The number of hydrogen-bond acceptors (Lipinski definition) is 6. The van der Waals surface area contributed by atoms with Crippen LogP contribution in [0.4, 0.5) is 5.69 Å². The number of carbonyl (C=O) groups excluding carboxylic acids is 2. The van der Waals surface area contributed by atoms with Crippen molar-refractivity contribution in [2.45, 2.75) is 91.9 Å². The molecule has 0 aromatic heterocycles. The molecule has 0 saturated heterocycles. The number of phenolic OH excluding ortho intramolecular Hbond substituents is 2. The summed E-state index contributed by atoms with van der Waals surface area (Å²) in [6, 6.07) is 16.1. The summed E-state index contributed by atoms with van der Waals surface area (Å²) in [5.41, 5.74) is 12.7. The maximum Gasteiger partial charge on any atom is 0.198 e. The van der Waals surface area contributed by atoms with Gasteiger partial charge in [-0.1, -0.05) is 91.3 Å². The Kier molecular flexibility index (Phi) is 8.31. The second-order valence-corrected chi connectivity index (χ2v) is 14.6. The number of aromatic hydroxyl groups is 2. The first-order valence-corrected chi connectivity index (χ1v) is 16.0. The molecule has 5 rings (SSSR count). The van der Waals surface area contributed by atoms with Crippen molar-refractivity contribution in [3.8, 4) is 23.0 Å². The minimum absolute atomic E-state index is 0.0144. The standard InChI is InChI=1S/C40H45NO5/c1-10-13-23(26-18-28(39(4,5)6)30(42)16-21(26)2)27-19-29(40(7,8)9)32(17-22(27)3)46-33-20-31(43)34-35(36(33)41)38(45)25-15-12-11-14-24(25)37(34)44/h11-12,14-20,23,42-43H,10,13,41H2,1-9H3. The molecule has 240 valence electrons. The molecule has 1 atom stereocenters. The molecule has 1 aliphatic rings. The Morgan fingerprint density at radius 2 is 1.24 bits per heavy atom. The highest BCUT2D eigenvalue weighted by molar-refractivity contribution is 6.31. The Balaban J connectivity index is 1.65. The molecule has 4 aromatic carbocycles. The van der Waals surface area contributed by atoms with Crippen molar-refractivity contribution in [1.82, 2.24) is 0 Å². The van der Waals surface area contributed by atoms with Crippen molar-refractivity contribution in [2.75, 3.05) is 5.73 Å². The van der Waals surface area contributed by atoms with Crippen molar-refractivity contribution >= 4 is 17.3 Å². The summed E-state index contributed by atoms with van der Waals surface area (Å²) < 4.78 is 6.49. The van der Waals surface area contributed by atoms with Gasteiger partial charge in [-0.15, -0.1) is 0 Å². The van der Waals surface area contributed by atoms with Crippen molar-refractivity contribution in [2.24, 2.45) is 0 Å². The number of fused-ring (bicyclic) bond motifs is 2. The minimum atomic E-state index is -0.447. The van der Waals surface area contributed by atoms with Gasteiger partial charge in [0.25, 0.3) is 0 Å². The van der Waals surface area contributed by atoms with Crippen LogP contribution in [0.2, 0.25) is 0 Å². The van der Waals surface area contributed by atoms with E-state index in [4.69, 9.17) is 10.5 Å². The van der Waals surface area contributed by atoms with Crippen LogP contribution in [0, 0.1) is 13.8 Å². The summed E-state index contributed by atoms with van der Waals surface area (Å²) in [5, 5.41) is 21.9. The lowest BCUT2D eigenvalue weighted by Crippen LogP contribution is -2.23. The second kappa shape index (κ2) is 11.7. The van der Waals surface area contributed by atoms with E-state index in [1.54, 1.807) is 24.3 Å². The first-order chi connectivity index (χ1) is 21.4. The van der Waals surface area contributed by atoms with Crippen molar-refractivity contribution in [1.29, 1.82) is 0 Å². The van der Waals surface area contributed by atoms with E-state index < -0.39 is 11.6 Å². The van der Waals surface area contributed by atoms with Crippen LogP contribution in [0.1, 0.15) is 132 Å². The number of carbonyl (C=O) groups is 2. The fraction of sp³-hybridized carbons (Fsp3) is 0.350. The van der Waals surface area contributed by atoms with Crippen molar-refractivity contribution < 1.29 is 24.5 Å². The molecule has 1 aliphatic carbocycles. The minimum Gasteiger partial charge on any atom is -0.508 e. The Morgan fingerprint density at radius 1 is 0.717 bits per heavy atom. The third kappa shape index (κ3) is 5.66. The van der Waals surface area contributed by atoms with E-state index in [1.165, 1.54) is 17.2 Å². The zero-order valence-electron chi connectivity index (χ0n) is 28.4. The number of nitrogens with two attached hydrogens (primary N) is 1. The first kappa shape index (κ1) is 32.8. The number of rotatable bonds is 6. The summed E-state index contributed by atoms with van der Waals surface area (Å²) in [6.45, 7) is 19.0. The molecule has 0 spiro atoms. The molecule has 0 bridgehead atoms. The van der Waals surface area contributed by atoms with Crippen molar-refractivity contribution in [3.63, 3.8) is 0 Å². The Hall–Kier alpha value is -4.58. The number of ether oxygens (including phenoxy) is 1. The lowest BCUT2D eigenvalue weighted by molar-refractivity contribution is 0.0977. The van der Waals surface area contributed by atoms with Gasteiger partial charge in [-0.25, -0.2) is 0 Å². The molecule has 6 heteroatoms. The van der Waals surface area contributed by atoms with Crippen LogP contribution in [-0.2, 0) is 10.8 Å². The Labute approximate surface area is 272 Å². The molecule has 0 fully saturated rings. The molecule has 4 N–H and O–H groups in total.